The van der Waals surface area contributed by atoms with E-state index >= 15 is 0 Å². The number of carbonyl (C=O) groups is 2. The molecule has 0 aromatic heterocycles. The van der Waals surface area contributed by atoms with E-state index in [0.29, 0.717) is 7.11 Å². The lowest BCUT2D eigenvalue weighted by Gasteiger charge is -2.50. The van der Waals surface area contributed by atoms with Crippen molar-refractivity contribution in [3.63, 3.8) is 0 Å². The van der Waals surface area contributed by atoms with Crippen molar-refractivity contribution >= 4 is 105 Å². The largest absolute Gasteiger partial charge is 0.479 e. The van der Waals surface area contributed by atoms with Crippen LogP contribution in [0.25, 0.3) is 0 Å². The summed E-state index contributed by atoms with van der Waals surface area (Å²) in [6.07, 6.45) is -66.7. The Morgan fingerprint density at radius 2 is 0.684 bits per heavy atom. The number of aliphatic carboxylic acids is 2. The van der Waals surface area contributed by atoms with E-state index in [2.05, 4.69) is 25.1 Å². The number of aliphatic hydroxyl groups is 5. The fourth-order valence-electron chi connectivity index (χ4n) is 9.21. The molecule has 0 spiro atoms. The van der Waals surface area contributed by atoms with Crippen LogP contribution in [0.4, 0.5) is 0 Å². The van der Waals surface area contributed by atoms with Gasteiger partial charge in [0.25, 0.3) is 0 Å². The molecule has 0 aromatic carbocycles. The van der Waals surface area contributed by atoms with Crippen LogP contribution in [-0.2, 0) is 175 Å². The highest BCUT2D eigenvalue weighted by Crippen LogP contribution is 2.40. The third kappa shape index (κ3) is 24.7. The van der Waals surface area contributed by atoms with Gasteiger partial charge in [0.1, 0.15) is 104 Å². The molecule has 25 atom stereocenters. The quantitative estimate of drug-likeness (QED) is 0.0278. The first-order chi connectivity index (χ1) is 42.8. The highest BCUT2D eigenvalue weighted by Gasteiger charge is 2.62. The number of ether oxygens (including phenoxy) is 10. The molecule has 5 fully saturated rings. The van der Waals surface area contributed by atoms with Crippen molar-refractivity contribution in [1.82, 2.24) is 14.2 Å². The zero-order chi connectivity index (χ0) is 72.6. The van der Waals surface area contributed by atoms with Crippen LogP contribution in [-0.4, -0.2) is 345 Å². The Morgan fingerprint density at radius 3 is 1.13 bits per heavy atom. The molecule has 0 aromatic rings. The van der Waals surface area contributed by atoms with Crippen molar-refractivity contribution in [3.8, 4) is 0 Å². The summed E-state index contributed by atoms with van der Waals surface area (Å²) < 4.78 is 387. The van der Waals surface area contributed by atoms with Crippen LogP contribution in [0.3, 0.4) is 0 Å². The van der Waals surface area contributed by atoms with Crippen LogP contribution in [0.2, 0.25) is 0 Å². The third-order valence-electron chi connectivity index (χ3n) is 12.6. The van der Waals surface area contributed by atoms with Crippen molar-refractivity contribution in [1.29, 1.82) is 0 Å². The fourth-order valence-corrected chi connectivity index (χ4v) is 13.4. The number of carboxylic acids is 2. The second-order valence-corrected chi connectivity index (χ2v) is 29.2. The van der Waals surface area contributed by atoms with Crippen molar-refractivity contribution in [2.24, 2.45) is 0 Å². The smallest absolute Gasteiger partial charge is 0.397 e. The number of methoxy groups -OCH3 is 1. The number of aliphatic hydroxyl groups excluding tert-OH is 5. The lowest BCUT2D eigenvalue weighted by atomic mass is 9.94. The Kier molecular flexibility index (Phi) is 27.2. The minimum Gasteiger partial charge on any atom is -0.479 e. The lowest BCUT2D eigenvalue weighted by molar-refractivity contribution is -0.372. The van der Waals surface area contributed by atoms with E-state index in [4.69, 9.17) is 51.9 Å². The predicted molar refractivity (Wildman–Crippen MR) is 272 cm³/mol. The molecule has 55 nitrogen and oxygen atoms in total. The van der Waals surface area contributed by atoms with Crippen LogP contribution in [0.5, 0.6) is 0 Å². The summed E-state index contributed by atoms with van der Waals surface area (Å²) in [5, 5.41) is 76.4. The minimum absolute atomic E-state index is 0.680. The van der Waals surface area contributed by atoms with Crippen molar-refractivity contribution in [2.75, 3.05) is 26.9 Å². The van der Waals surface area contributed by atoms with Crippen molar-refractivity contribution in [3.05, 3.63) is 0 Å². The van der Waals surface area contributed by atoms with Gasteiger partial charge in [-0.2, -0.15) is 89.9 Å². The monoisotopic (exact) mass is 1590 g/mol. The van der Waals surface area contributed by atoms with Crippen molar-refractivity contribution < 1.29 is 235 Å². The topological polar surface area (TPSA) is 849 Å². The summed E-state index contributed by atoms with van der Waals surface area (Å²) in [4.78, 5) is 26.0. The molecule has 0 saturated carbocycles. The van der Waals surface area contributed by atoms with Gasteiger partial charge in [-0.1, -0.05) is 0 Å². The highest BCUT2D eigenvalue weighted by molar-refractivity contribution is 7.84. The molecule has 19 N–H and O–H groups in total. The molecule has 1 unspecified atom stereocenters. The Hall–Kier alpha value is -2.83. The van der Waals surface area contributed by atoms with Crippen molar-refractivity contribution in [2.45, 2.75) is 153 Å². The number of hydrogen-bond donors (Lipinski definition) is 19. The van der Waals surface area contributed by atoms with Crippen LogP contribution in [0.15, 0.2) is 0 Å². The van der Waals surface area contributed by atoms with E-state index in [0.717, 1.165) is 4.72 Å². The summed E-state index contributed by atoms with van der Waals surface area (Å²) in [5.41, 5.74) is 0. The molecule has 64 heteroatoms. The standard InChI is InChI=1S/C31H53N3O52S9/c1-71-27-9(33-88(47,48)49)13(37)16(6(76-27)3-73-91(56,57)58)78-31-24(86-95(68,69)70)21(85-94(65,66)67)20(23(83-31)26(42)43)81-29-10(34-89(50,51)52)18(84-93(62,63)64)17(7(77-29)4-74-92(59,60)61)79-30-15(39)14(38)19(22(82-30)25(40)41)80-28-8(32-87(44,45)46)12(36)11(35)5(75-28)2-72-90(53,54)55/h5-24,27-39H,2-4H2,1H3,(H,40,41)(H,42,43)(H,44,45,46)(H,47,48,49)(H,50,51,52)(H,53,54,55)(H,56,57,58)(H,59,60,61)(H,62,63,64)(H,65,66,67)(H,68,69,70)/t5-,6-,7-,8-,9-,10-,11-,12-,13-,14-,15-,16-,17-,18-,19+,20?,21+,22+,23-,24-,27+,28-,29-,30-,31-/m1/s1. The van der Waals surface area contributed by atoms with Gasteiger partial charge in [0.2, 0.25) is 0 Å². The van der Waals surface area contributed by atoms with Crippen LogP contribution < -0.4 is 14.2 Å². The van der Waals surface area contributed by atoms with Gasteiger partial charge in [-0.15, -0.1) is 0 Å². The molecule has 5 rings (SSSR count). The summed E-state index contributed by atoms with van der Waals surface area (Å²) in [6.45, 7) is -5.31. The zero-order valence-electron chi connectivity index (χ0n) is 45.6. The van der Waals surface area contributed by atoms with Crippen LogP contribution in [0.1, 0.15) is 0 Å². The van der Waals surface area contributed by atoms with E-state index in [1.54, 1.807) is 0 Å². The SMILES string of the molecule is CO[C@H]1O[C@H](COS(=O)(=O)O)[C@@H](O[C@@H]2O[C@@H](C(=O)O)C(O[C@H]3O[C@H](COS(=O)(=O)O)[C@@H](O[C@@H]4O[C@H](C(=O)O)[C@@H](O[C@H]5O[C@H](COS(=O)(=O)O)[C@@H](O)[C@H](O)[C@H]5NS(=O)(=O)O)[C@H](O)[C@H]4O)[C@H](OS(=O)(=O)O)[C@H]3NS(=O)(=O)O)[C@H](OS(=O)(=O)O)[C@H]2OS(=O)(=O)O)[C@H](O)[C@H]1NS(=O)(=O)O. The first kappa shape index (κ1) is 82.8. The normalized spacial score (nSPS) is 37.7. The summed E-state index contributed by atoms with van der Waals surface area (Å²) >= 11 is 0. The molecule has 0 amide bonds. The first-order valence-electron chi connectivity index (χ1n) is 24.2. The van der Waals surface area contributed by atoms with Gasteiger partial charge in [0, 0.05) is 7.11 Å². The van der Waals surface area contributed by atoms with Crippen LogP contribution in [0, 0.1) is 0 Å². The molecule has 558 valence electrons. The zero-order valence-corrected chi connectivity index (χ0v) is 52.9. The third-order valence-corrected chi connectivity index (χ3v) is 17.0. The maximum absolute atomic E-state index is 13.2. The Bertz CT molecular complexity index is 3770. The van der Waals surface area contributed by atoms with Gasteiger partial charge in [-0.3, -0.25) is 41.0 Å². The van der Waals surface area contributed by atoms with Gasteiger partial charge >= 0.3 is 105 Å². The molecule has 0 radical (unpaired) electrons. The van der Waals surface area contributed by atoms with Gasteiger partial charge in [0.05, 0.1) is 19.8 Å². The van der Waals surface area contributed by atoms with Crippen LogP contribution >= 0.6 is 0 Å². The Morgan fingerprint density at radius 1 is 0.337 bits per heavy atom. The lowest BCUT2D eigenvalue weighted by Crippen LogP contribution is -2.71. The number of rotatable bonds is 32. The Balaban J connectivity index is 1.67. The molecule has 0 aliphatic carbocycles. The van der Waals surface area contributed by atoms with Gasteiger partial charge < -0.3 is 83.1 Å². The fraction of sp³-hybridized carbons (Fsp3) is 0.935. The van der Waals surface area contributed by atoms with E-state index in [9.17, 15) is 158 Å². The molecular weight excluding hydrogens is 1530 g/mol. The van der Waals surface area contributed by atoms with Gasteiger partial charge in [0.15, 0.2) is 49.8 Å². The van der Waals surface area contributed by atoms with E-state index in [1.807, 2.05) is 0 Å². The highest BCUT2D eigenvalue weighted by atomic mass is 32.3. The predicted octanol–water partition coefficient (Wildman–Crippen LogP) is -13.9. The second kappa shape index (κ2) is 31.2. The average Bonchev–Trinajstić information content (AvgIpc) is 0.759. The molecule has 0 bridgehead atoms. The molecule has 95 heavy (non-hydrogen) atoms. The van der Waals surface area contributed by atoms with E-state index in [-0.39, 0.29) is 0 Å². The number of nitrogens with one attached hydrogen (secondary N) is 3. The molecule has 5 aliphatic rings. The Labute approximate surface area is 531 Å². The number of hydrogen-bond acceptors (Lipinski definition) is 41. The summed E-state index contributed by atoms with van der Waals surface area (Å²) in [6, 6.07) is -8.50. The number of carboxylic acid groups (broad SMARTS) is 2. The molecule has 5 saturated heterocycles. The van der Waals surface area contributed by atoms with Gasteiger partial charge in [-0.05, 0) is 0 Å². The maximum Gasteiger partial charge on any atom is 0.397 e. The second-order valence-electron chi connectivity index (χ2n) is 19.2. The van der Waals surface area contributed by atoms with Gasteiger partial charge in [-0.25, -0.2) is 34.7 Å². The molecule has 5 aliphatic heterocycles. The minimum atomic E-state index is -6.49. The van der Waals surface area contributed by atoms with E-state index in [1.165, 1.54) is 9.44 Å². The molecular formula is C31H53N3O52S9. The van der Waals surface area contributed by atoms with E-state index < -0.39 is 278 Å². The molecule has 5 heterocycles. The summed E-state index contributed by atoms with van der Waals surface area (Å²) in [5.74, 6) is -5.14. The maximum atomic E-state index is 13.2. The summed E-state index contributed by atoms with van der Waals surface area (Å²) in [7, 11) is -53.3. The average molecular weight is 1590 g/mol. The first-order valence-corrected chi connectivity index (χ1v) is 36.7.